The van der Waals surface area contributed by atoms with E-state index >= 15 is 0 Å². The summed E-state index contributed by atoms with van der Waals surface area (Å²) in [6.07, 6.45) is -1.77. The first-order valence-electron chi connectivity index (χ1n) is 10.8. The number of pyridine rings is 1. The van der Waals surface area contributed by atoms with Gasteiger partial charge in [0.05, 0.1) is 13.1 Å². The van der Waals surface area contributed by atoms with Gasteiger partial charge in [-0.25, -0.2) is 9.59 Å². The number of nitrogens with zero attached hydrogens (tertiary/aromatic N) is 6. The molecule has 1 saturated heterocycles. The molecule has 0 aromatic carbocycles. The van der Waals surface area contributed by atoms with Crippen LogP contribution in [-0.2, 0) is 24.9 Å². The third-order valence-electron chi connectivity index (χ3n) is 5.33. The van der Waals surface area contributed by atoms with Gasteiger partial charge in [0, 0.05) is 45.6 Å². The number of anilines is 1. The summed E-state index contributed by atoms with van der Waals surface area (Å²) in [7, 11) is 1.65. The summed E-state index contributed by atoms with van der Waals surface area (Å²) >= 11 is 0. The summed E-state index contributed by atoms with van der Waals surface area (Å²) in [5, 5.41) is 10.4. The van der Waals surface area contributed by atoms with Crippen LogP contribution in [0.25, 0.3) is 11.2 Å². The average molecular weight is 507 g/mol. The number of nitrogens with one attached hydrogen (secondary N) is 1. The summed E-state index contributed by atoms with van der Waals surface area (Å²) in [5.41, 5.74) is 0.803. The number of fused-ring (bicyclic) bond motifs is 1. The van der Waals surface area contributed by atoms with E-state index < -0.39 is 17.8 Å². The number of aromatic nitrogens is 5. The van der Waals surface area contributed by atoms with Crippen LogP contribution >= 0.6 is 0 Å². The number of imidazole rings is 1. The number of piperazine rings is 1. The molecule has 4 heterocycles. The van der Waals surface area contributed by atoms with Crippen molar-refractivity contribution in [2.75, 3.05) is 31.1 Å². The predicted molar refractivity (Wildman–Crippen MR) is 125 cm³/mol. The summed E-state index contributed by atoms with van der Waals surface area (Å²) in [5.74, 6) is 3.84. The topological polar surface area (TPSA) is 127 Å². The Morgan fingerprint density at radius 3 is 2.44 bits per heavy atom. The lowest BCUT2D eigenvalue weighted by molar-refractivity contribution is -0.192. The standard InChI is InChI=1S/C20H23N7O2.C2HF3O2/c1-3-4-10-26-16-17(23-19(26)25-11-8-21-9-12-25)24(2)20(29)27(18(16)28)14-15-6-5-7-22-13-15;3-2(4,5)1(6)7/h5-7,13,21H,8-12,14H2,1-2H3;(H,6,7). The Morgan fingerprint density at radius 1 is 1.22 bits per heavy atom. The van der Waals surface area contributed by atoms with Gasteiger partial charge in [-0.1, -0.05) is 12.0 Å². The lowest BCUT2D eigenvalue weighted by atomic mass is 10.3. The highest BCUT2D eigenvalue weighted by atomic mass is 19.4. The normalized spacial score (nSPS) is 13.5. The van der Waals surface area contributed by atoms with Gasteiger partial charge >= 0.3 is 17.8 Å². The quantitative estimate of drug-likeness (QED) is 0.486. The van der Waals surface area contributed by atoms with Gasteiger partial charge < -0.3 is 15.3 Å². The number of alkyl halides is 3. The number of rotatable bonds is 4. The number of carboxylic acids is 1. The Morgan fingerprint density at radius 2 is 1.89 bits per heavy atom. The van der Waals surface area contributed by atoms with Crippen LogP contribution < -0.4 is 21.5 Å². The molecule has 0 radical (unpaired) electrons. The maximum absolute atomic E-state index is 13.4. The summed E-state index contributed by atoms with van der Waals surface area (Å²) in [6.45, 7) is 5.50. The highest BCUT2D eigenvalue weighted by molar-refractivity contribution is 5.75. The number of hydrogen-bond donors (Lipinski definition) is 2. The van der Waals surface area contributed by atoms with Gasteiger partial charge in [-0.3, -0.25) is 23.5 Å². The van der Waals surface area contributed by atoms with Crippen LogP contribution in [0.5, 0.6) is 0 Å². The monoisotopic (exact) mass is 507 g/mol. The molecule has 4 rings (SSSR count). The molecule has 0 saturated carbocycles. The van der Waals surface area contributed by atoms with Crippen molar-refractivity contribution in [3.8, 4) is 11.8 Å². The fraction of sp³-hybridized carbons (Fsp3) is 0.409. The minimum absolute atomic E-state index is 0.156. The minimum atomic E-state index is -5.08. The van der Waals surface area contributed by atoms with Crippen LogP contribution in [0.3, 0.4) is 0 Å². The zero-order chi connectivity index (χ0) is 26.5. The Labute approximate surface area is 202 Å². The summed E-state index contributed by atoms with van der Waals surface area (Å²) in [4.78, 5) is 46.1. The third kappa shape index (κ3) is 5.74. The fourth-order valence-electron chi connectivity index (χ4n) is 3.59. The Hall–Kier alpha value is -4.12. The molecule has 0 unspecified atom stereocenters. The van der Waals surface area contributed by atoms with Gasteiger partial charge in [-0.2, -0.15) is 18.2 Å². The van der Waals surface area contributed by atoms with Gasteiger partial charge in [-0.05, 0) is 18.6 Å². The largest absolute Gasteiger partial charge is 0.490 e. The maximum Gasteiger partial charge on any atom is 0.490 e. The molecule has 1 aliphatic rings. The van der Waals surface area contributed by atoms with Crippen molar-refractivity contribution in [3.05, 3.63) is 50.9 Å². The molecule has 1 aliphatic heterocycles. The predicted octanol–water partition coefficient (Wildman–Crippen LogP) is 0.406. The van der Waals surface area contributed by atoms with E-state index in [2.05, 4.69) is 32.0 Å². The second kappa shape index (κ2) is 11.1. The smallest absolute Gasteiger partial charge is 0.475 e. The van der Waals surface area contributed by atoms with Crippen molar-refractivity contribution in [2.45, 2.75) is 26.2 Å². The van der Waals surface area contributed by atoms with Crippen molar-refractivity contribution in [3.63, 3.8) is 0 Å². The van der Waals surface area contributed by atoms with E-state index in [1.807, 2.05) is 10.6 Å². The Balaban J connectivity index is 0.000000454. The minimum Gasteiger partial charge on any atom is -0.475 e. The van der Waals surface area contributed by atoms with E-state index in [9.17, 15) is 22.8 Å². The molecule has 0 spiro atoms. The zero-order valence-corrected chi connectivity index (χ0v) is 19.5. The number of hydrogen-bond acceptors (Lipinski definition) is 7. The van der Waals surface area contributed by atoms with Gasteiger partial charge in [-0.15, -0.1) is 5.92 Å². The number of aliphatic carboxylic acids is 1. The molecule has 0 bridgehead atoms. The molecule has 192 valence electrons. The molecule has 3 aromatic rings. The maximum atomic E-state index is 13.4. The molecule has 11 nitrogen and oxygen atoms in total. The van der Waals surface area contributed by atoms with Gasteiger partial charge in [0.15, 0.2) is 11.2 Å². The molecule has 2 N–H and O–H groups in total. The number of halogens is 3. The average Bonchev–Trinajstić information content (AvgIpc) is 3.25. The number of aryl methyl sites for hydroxylation is 1. The van der Waals surface area contributed by atoms with Crippen LogP contribution in [0.2, 0.25) is 0 Å². The Bertz CT molecular complexity index is 1410. The van der Waals surface area contributed by atoms with Crippen molar-refractivity contribution in [1.29, 1.82) is 0 Å². The van der Waals surface area contributed by atoms with Gasteiger partial charge in [0.25, 0.3) is 5.56 Å². The molecule has 0 atom stereocenters. The highest BCUT2D eigenvalue weighted by Crippen LogP contribution is 2.20. The van der Waals surface area contributed by atoms with Crippen molar-refractivity contribution in [2.24, 2.45) is 7.05 Å². The molecule has 36 heavy (non-hydrogen) atoms. The highest BCUT2D eigenvalue weighted by Gasteiger charge is 2.38. The van der Waals surface area contributed by atoms with Gasteiger partial charge in [0.2, 0.25) is 5.95 Å². The van der Waals surface area contributed by atoms with E-state index in [-0.39, 0.29) is 12.1 Å². The van der Waals surface area contributed by atoms with E-state index in [1.54, 1.807) is 32.4 Å². The lowest BCUT2D eigenvalue weighted by Gasteiger charge is -2.28. The summed E-state index contributed by atoms with van der Waals surface area (Å²) in [6, 6.07) is 3.63. The molecule has 3 aromatic heterocycles. The first kappa shape index (κ1) is 26.5. The van der Waals surface area contributed by atoms with E-state index in [0.29, 0.717) is 23.7 Å². The zero-order valence-electron chi connectivity index (χ0n) is 19.5. The molecule has 0 amide bonds. The first-order valence-corrected chi connectivity index (χ1v) is 10.8. The van der Waals surface area contributed by atoms with Crippen molar-refractivity contribution >= 4 is 23.1 Å². The lowest BCUT2D eigenvalue weighted by Crippen LogP contribution is -2.44. The Kier molecular flexibility index (Phi) is 8.15. The molecule has 0 aliphatic carbocycles. The number of carbonyl (C=O) groups is 1. The molecule has 1 fully saturated rings. The van der Waals surface area contributed by atoms with Crippen LogP contribution in [0.15, 0.2) is 34.1 Å². The number of carboxylic acid groups (broad SMARTS) is 1. The van der Waals surface area contributed by atoms with Crippen molar-refractivity contribution < 1.29 is 23.1 Å². The van der Waals surface area contributed by atoms with Gasteiger partial charge in [0.1, 0.15) is 0 Å². The van der Waals surface area contributed by atoms with Crippen LogP contribution in [0, 0.1) is 11.8 Å². The van der Waals surface area contributed by atoms with E-state index in [1.165, 1.54) is 9.13 Å². The SMILES string of the molecule is CC#CCn1c(N2CCNCC2)nc2c1c(=O)n(Cc1cccnc1)c(=O)n2C.O=C(O)C(F)(F)F. The molecular formula is C22H24F3N7O4. The van der Waals surface area contributed by atoms with Crippen molar-refractivity contribution in [1.82, 2.24) is 29.0 Å². The fourth-order valence-corrected chi connectivity index (χ4v) is 3.59. The van der Waals surface area contributed by atoms with E-state index in [4.69, 9.17) is 9.90 Å². The second-order valence-corrected chi connectivity index (χ2v) is 7.73. The van der Waals surface area contributed by atoms with Crippen LogP contribution in [0.4, 0.5) is 19.1 Å². The van der Waals surface area contributed by atoms with Crippen LogP contribution in [0.1, 0.15) is 12.5 Å². The molecule has 14 heteroatoms. The second-order valence-electron chi connectivity index (χ2n) is 7.73. The summed E-state index contributed by atoms with van der Waals surface area (Å²) < 4.78 is 36.2. The first-order chi connectivity index (χ1) is 17.1. The third-order valence-corrected chi connectivity index (χ3v) is 5.33. The van der Waals surface area contributed by atoms with E-state index in [0.717, 1.165) is 31.7 Å². The molecular weight excluding hydrogens is 483 g/mol. The van der Waals surface area contributed by atoms with Crippen LogP contribution in [-0.4, -0.2) is 67.1 Å².